The van der Waals surface area contributed by atoms with E-state index in [1.165, 1.54) is 11.8 Å². The highest BCUT2D eigenvalue weighted by Crippen LogP contribution is 2.13. The molecule has 0 bridgehead atoms. The zero-order chi connectivity index (χ0) is 30.3. The summed E-state index contributed by atoms with van der Waals surface area (Å²) in [7, 11) is 0. The number of hydrogen-bond donors (Lipinski definition) is 9. The lowest BCUT2D eigenvalue weighted by atomic mass is 9.96. The first-order chi connectivity index (χ1) is 19.1. The van der Waals surface area contributed by atoms with Crippen molar-refractivity contribution in [2.45, 2.75) is 49.7 Å². The van der Waals surface area contributed by atoms with E-state index < -0.39 is 61.9 Å². The summed E-state index contributed by atoms with van der Waals surface area (Å²) < 4.78 is 21.4. The van der Waals surface area contributed by atoms with E-state index in [-0.39, 0.29) is 46.0 Å². The highest BCUT2D eigenvalue weighted by atomic mass is 16.6. The van der Waals surface area contributed by atoms with Crippen molar-refractivity contribution in [2.75, 3.05) is 92.2 Å². The summed E-state index contributed by atoms with van der Waals surface area (Å²) in [5.41, 5.74) is 8.14. The average Bonchev–Trinajstić information content (AvgIpc) is 2.96. The molecule has 0 amide bonds. The molecule has 17 nitrogen and oxygen atoms in total. The number of aliphatic hydroxyl groups is 9. The fourth-order valence-corrected chi connectivity index (χ4v) is 3.34. The van der Waals surface area contributed by atoms with Crippen LogP contribution in [0.5, 0.6) is 0 Å². The topological polar surface area (TPSA) is 271 Å². The largest absolute Gasteiger partial charge is 0.396 e. The van der Waals surface area contributed by atoms with Gasteiger partial charge in [-0.25, -0.2) is 0 Å². The Kier molecular flexibility index (Phi) is 23.6. The molecule has 0 aromatic carbocycles. The van der Waals surface area contributed by atoms with Crippen molar-refractivity contribution in [2.24, 2.45) is 11.0 Å². The van der Waals surface area contributed by atoms with Crippen molar-refractivity contribution in [3.63, 3.8) is 0 Å². The summed E-state index contributed by atoms with van der Waals surface area (Å²) >= 11 is 0. The second-order valence-corrected chi connectivity index (χ2v) is 9.17. The molecule has 0 unspecified atom stereocenters. The van der Waals surface area contributed by atoms with Crippen LogP contribution in [0.3, 0.4) is 0 Å². The SMILES string of the molecule is C[C@H](CO)[C@@H](O)[C@H](O)[C@@H](O)CN(CCOCCOCCOCCOCCN=[N+]=[N-])C[C@H](O)[C@@H](O)[C@H](O)[C@H](O)CO. The van der Waals surface area contributed by atoms with Gasteiger partial charge in [0, 0.05) is 43.6 Å². The van der Waals surface area contributed by atoms with Gasteiger partial charge in [0.2, 0.25) is 0 Å². The minimum Gasteiger partial charge on any atom is -0.396 e. The monoisotopic (exact) mass is 588 g/mol. The van der Waals surface area contributed by atoms with Crippen molar-refractivity contribution in [1.82, 2.24) is 4.90 Å². The van der Waals surface area contributed by atoms with Crippen LogP contribution >= 0.6 is 0 Å². The highest BCUT2D eigenvalue weighted by molar-refractivity contribution is 4.85. The lowest BCUT2D eigenvalue weighted by Gasteiger charge is -2.33. The lowest BCUT2D eigenvalue weighted by molar-refractivity contribution is -0.125. The molecule has 0 fully saturated rings. The van der Waals surface area contributed by atoms with Crippen molar-refractivity contribution in [1.29, 1.82) is 0 Å². The third-order valence-electron chi connectivity index (χ3n) is 5.90. The third-order valence-corrected chi connectivity index (χ3v) is 5.90. The highest BCUT2D eigenvalue weighted by Gasteiger charge is 2.33. The zero-order valence-corrected chi connectivity index (χ0v) is 23.0. The molecule has 0 saturated heterocycles. The first-order valence-corrected chi connectivity index (χ1v) is 13.1. The Hall–Kier alpha value is -1.25. The van der Waals surface area contributed by atoms with Gasteiger partial charge in [0.1, 0.15) is 24.4 Å². The molecular weight excluding hydrogens is 540 g/mol. The van der Waals surface area contributed by atoms with Gasteiger partial charge in [0.05, 0.1) is 77.8 Å². The minimum absolute atomic E-state index is 0.0933. The Balaban J connectivity index is 4.53. The number of aliphatic hydroxyl groups excluding tert-OH is 9. The Bertz CT molecular complexity index is 620. The van der Waals surface area contributed by atoms with Crippen LogP contribution in [0.2, 0.25) is 0 Å². The number of ether oxygens (including phenoxy) is 4. The number of azide groups is 1. The minimum atomic E-state index is -1.83. The number of hydrogen-bond acceptors (Lipinski definition) is 15. The van der Waals surface area contributed by atoms with Gasteiger partial charge >= 0.3 is 0 Å². The normalized spacial score (nSPS) is 18.0. The summed E-state index contributed by atoms with van der Waals surface area (Å²) in [5.74, 6) is -0.710. The predicted octanol–water partition coefficient (Wildman–Crippen LogP) is -4.19. The molecule has 8 atom stereocenters. The van der Waals surface area contributed by atoms with Crippen LogP contribution in [0.15, 0.2) is 5.11 Å². The summed E-state index contributed by atoms with van der Waals surface area (Å²) in [6, 6.07) is 0. The van der Waals surface area contributed by atoms with E-state index in [0.29, 0.717) is 33.0 Å². The first kappa shape index (κ1) is 38.8. The lowest BCUT2D eigenvalue weighted by Crippen LogP contribution is -2.53. The summed E-state index contributed by atoms with van der Waals surface area (Å²) in [5, 5.41) is 92.1. The molecular formula is C23H48N4O13. The van der Waals surface area contributed by atoms with E-state index in [9.17, 15) is 40.9 Å². The van der Waals surface area contributed by atoms with Gasteiger partial charge in [0.25, 0.3) is 0 Å². The van der Waals surface area contributed by atoms with Crippen LogP contribution < -0.4 is 0 Å². The molecule has 0 aromatic rings. The van der Waals surface area contributed by atoms with E-state index in [1.807, 2.05) is 0 Å². The van der Waals surface area contributed by atoms with Gasteiger partial charge in [-0.3, -0.25) is 4.90 Å². The summed E-state index contributed by atoms with van der Waals surface area (Å²) in [4.78, 5) is 4.03. The predicted molar refractivity (Wildman–Crippen MR) is 139 cm³/mol. The molecule has 0 heterocycles. The van der Waals surface area contributed by atoms with Crippen molar-refractivity contribution in [3.8, 4) is 0 Å². The van der Waals surface area contributed by atoms with Gasteiger partial charge in [-0.1, -0.05) is 12.0 Å². The van der Waals surface area contributed by atoms with Crippen molar-refractivity contribution in [3.05, 3.63) is 10.4 Å². The molecule has 0 radical (unpaired) electrons. The Morgan fingerprint density at radius 1 is 0.625 bits per heavy atom. The Labute approximate surface area is 233 Å². The van der Waals surface area contributed by atoms with E-state index in [2.05, 4.69) is 10.0 Å². The molecule has 0 aliphatic rings. The fourth-order valence-electron chi connectivity index (χ4n) is 3.34. The van der Waals surface area contributed by atoms with Gasteiger partial charge in [-0.15, -0.1) is 0 Å². The molecule has 9 N–H and O–H groups in total. The second kappa shape index (κ2) is 24.4. The Morgan fingerprint density at radius 2 is 1.05 bits per heavy atom. The average molecular weight is 589 g/mol. The zero-order valence-electron chi connectivity index (χ0n) is 23.0. The molecule has 17 heteroatoms. The van der Waals surface area contributed by atoms with Crippen molar-refractivity contribution < 1.29 is 64.9 Å². The summed E-state index contributed by atoms with van der Waals surface area (Å²) in [6.07, 6.45) is -11.5. The van der Waals surface area contributed by atoms with Crippen LogP contribution in [0.4, 0.5) is 0 Å². The standard InChI is InChI=1S/C23H48N4O13/c1-16(14-28)20(33)21(34)17(30)12-27(13-18(31)22(35)23(36)19(32)15-29)3-5-38-7-9-40-11-10-39-8-6-37-4-2-25-26-24/h16-23,28-36H,2-15H2,1H3/t16-,17+,18+,19-,20-,21-,22-,23-/m1/s1. The van der Waals surface area contributed by atoms with Crippen LogP contribution in [-0.2, 0) is 18.9 Å². The van der Waals surface area contributed by atoms with E-state index in [0.717, 1.165) is 0 Å². The van der Waals surface area contributed by atoms with E-state index >= 15 is 0 Å². The first-order valence-electron chi connectivity index (χ1n) is 13.1. The van der Waals surface area contributed by atoms with E-state index in [1.54, 1.807) is 0 Å². The smallest absolute Gasteiger partial charge is 0.111 e. The van der Waals surface area contributed by atoms with Crippen LogP contribution in [0.1, 0.15) is 6.92 Å². The maximum absolute atomic E-state index is 10.4. The Morgan fingerprint density at radius 3 is 1.50 bits per heavy atom. The third kappa shape index (κ3) is 17.5. The molecule has 0 aromatic heterocycles. The van der Waals surface area contributed by atoms with Gasteiger partial charge in [-0.2, -0.15) is 0 Å². The molecule has 0 aliphatic carbocycles. The maximum Gasteiger partial charge on any atom is 0.111 e. The quantitative estimate of drug-likeness (QED) is 0.0191. The number of nitrogens with zero attached hydrogens (tertiary/aromatic N) is 4. The van der Waals surface area contributed by atoms with Crippen LogP contribution in [-0.4, -0.2) is 186 Å². The number of rotatable bonds is 27. The molecule has 0 spiro atoms. The van der Waals surface area contributed by atoms with Gasteiger partial charge in [0.15, 0.2) is 0 Å². The molecule has 238 valence electrons. The molecule has 0 rings (SSSR count). The van der Waals surface area contributed by atoms with Crippen LogP contribution in [0, 0.1) is 5.92 Å². The van der Waals surface area contributed by atoms with Crippen molar-refractivity contribution >= 4 is 0 Å². The molecule has 40 heavy (non-hydrogen) atoms. The van der Waals surface area contributed by atoms with Crippen LogP contribution in [0.25, 0.3) is 10.4 Å². The maximum atomic E-state index is 10.4. The second-order valence-electron chi connectivity index (χ2n) is 9.17. The molecule has 0 saturated carbocycles. The van der Waals surface area contributed by atoms with E-state index in [4.69, 9.17) is 29.6 Å². The van der Waals surface area contributed by atoms with Gasteiger partial charge < -0.3 is 64.9 Å². The fraction of sp³-hybridized carbons (Fsp3) is 1.00. The summed E-state index contributed by atoms with van der Waals surface area (Å²) in [6.45, 7) is 2.25. The molecule has 0 aliphatic heterocycles. The van der Waals surface area contributed by atoms with Gasteiger partial charge in [-0.05, 0) is 5.53 Å².